The third-order valence-corrected chi connectivity index (χ3v) is 5.90. The SMILES string of the molecule is CC(Nc1c(C(N)=O)cnn2cc(-c3nnc(S(C)=O)o3)cc12)C1(C)CC1. The summed E-state index contributed by atoms with van der Waals surface area (Å²) in [6.45, 7) is 4.31. The van der Waals surface area contributed by atoms with Crippen LogP contribution in [0.25, 0.3) is 17.0 Å². The summed E-state index contributed by atoms with van der Waals surface area (Å²) in [5.74, 6) is -0.315. The van der Waals surface area contributed by atoms with Crippen molar-refractivity contribution in [1.29, 1.82) is 0 Å². The van der Waals surface area contributed by atoms with Gasteiger partial charge in [0.1, 0.15) is 10.8 Å². The van der Waals surface area contributed by atoms with Gasteiger partial charge in [0, 0.05) is 18.5 Å². The van der Waals surface area contributed by atoms with Crippen LogP contribution in [0.1, 0.15) is 37.0 Å². The van der Waals surface area contributed by atoms with E-state index in [1.54, 1.807) is 16.8 Å². The maximum Gasteiger partial charge on any atom is 0.307 e. The van der Waals surface area contributed by atoms with Crippen molar-refractivity contribution in [2.45, 2.75) is 38.0 Å². The van der Waals surface area contributed by atoms with Gasteiger partial charge in [-0.05, 0) is 31.2 Å². The van der Waals surface area contributed by atoms with Crippen molar-refractivity contribution in [3.63, 3.8) is 0 Å². The second-order valence-corrected chi connectivity index (χ2v) is 8.46. The number of nitrogens with two attached hydrogens (primary N) is 1. The van der Waals surface area contributed by atoms with Crippen LogP contribution in [0.15, 0.2) is 28.1 Å². The summed E-state index contributed by atoms with van der Waals surface area (Å²) < 4.78 is 18.6. The fourth-order valence-electron chi connectivity index (χ4n) is 2.98. The molecule has 27 heavy (non-hydrogen) atoms. The van der Waals surface area contributed by atoms with Crippen molar-refractivity contribution in [2.75, 3.05) is 11.6 Å². The molecule has 0 bridgehead atoms. The van der Waals surface area contributed by atoms with Crippen LogP contribution in [0, 0.1) is 5.41 Å². The van der Waals surface area contributed by atoms with Crippen LogP contribution in [0.2, 0.25) is 0 Å². The van der Waals surface area contributed by atoms with E-state index in [-0.39, 0.29) is 22.6 Å². The second-order valence-electron chi connectivity index (χ2n) is 7.20. The summed E-state index contributed by atoms with van der Waals surface area (Å²) in [4.78, 5) is 11.9. The topological polar surface area (TPSA) is 128 Å². The van der Waals surface area contributed by atoms with E-state index in [9.17, 15) is 9.00 Å². The highest BCUT2D eigenvalue weighted by molar-refractivity contribution is 7.84. The summed E-state index contributed by atoms with van der Waals surface area (Å²) in [5, 5.41) is 15.5. The minimum absolute atomic E-state index is 0.0552. The highest BCUT2D eigenvalue weighted by Crippen LogP contribution is 2.49. The zero-order valence-electron chi connectivity index (χ0n) is 15.2. The van der Waals surface area contributed by atoms with Gasteiger partial charge in [0.15, 0.2) is 0 Å². The highest BCUT2D eigenvalue weighted by atomic mass is 32.2. The Balaban J connectivity index is 1.80. The first-order valence-electron chi connectivity index (χ1n) is 8.53. The number of hydrogen-bond donors (Lipinski definition) is 2. The number of aromatic nitrogens is 4. The van der Waals surface area contributed by atoms with Crippen LogP contribution in [0.3, 0.4) is 0 Å². The van der Waals surface area contributed by atoms with Crippen LogP contribution in [-0.4, -0.2) is 42.2 Å². The maximum atomic E-state index is 11.9. The molecule has 1 fully saturated rings. The predicted octanol–water partition coefficient (Wildman–Crippen LogP) is 1.82. The molecule has 9 nitrogen and oxygen atoms in total. The van der Waals surface area contributed by atoms with E-state index >= 15 is 0 Å². The zero-order chi connectivity index (χ0) is 19.3. The Hall–Kier alpha value is -2.75. The lowest BCUT2D eigenvalue weighted by molar-refractivity contribution is 0.100. The van der Waals surface area contributed by atoms with Crippen molar-refractivity contribution < 1.29 is 13.4 Å². The summed E-state index contributed by atoms with van der Waals surface area (Å²) in [5.41, 5.74) is 8.00. The fourth-order valence-corrected chi connectivity index (χ4v) is 3.33. The molecule has 2 unspecified atom stereocenters. The number of nitrogens with one attached hydrogen (secondary N) is 1. The Bertz CT molecular complexity index is 1070. The van der Waals surface area contributed by atoms with Gasteiger partial charge >= 0.3 is 5.22 Å². The van der Waals surface area contributed by atoms with E-state index in [2.05, 4.69) is 34.5 Å². The summed E-state index contributed by atoms with van der Waals surface area (Å²) in [6.07, 6.45) is 6.91. The molecule has 0 radical (unpaired) electrons. The van der Waals surface area contributed by atoms with Gasteiger partial charge in [-0.15, -0.1) is 5.10 Å². The quantitative estimate of drug-likeness (QED) is 0.659. The number of primary amides is 1. The van der Waals surface area contributed by atoms with E-state index < -0.39 is 16.7 Å². The Morgan fingerprint density at radius 1 is 1.44 bits per heavy atom. The number of hydrogen-bond acceptors (Lipinski definition) is 7. The van der Waals surface area contributed by atoms with E-state index in [0.717, 1.165) is 12.8 Å². The molecule has 1 aliphatic carbocycles. The molecule has 3 heterocycles. The van der Waals surface area contributed by atoms with Gasteiger partial charge in [-0.2, -0.15) is 5.10 Å². The lowest BCUT2D eigenvalue weighted by Crippen LogP contribution is -2.27. The molecule has 0 aliphatic heterocycles. The molecule has 142 valence electrons. The van der Waals surface area contributed by atoms with Gasteiger partial charge in [-0.1, -0.05) is 12.0 Å². The molecule has 3 N–H and O–H groups in total. The average Bonchev–Trinajstić information content (AvgIpc) is 3.04. The van der Waals surface area contributed by atoms with Crippen molar-refractivity contribution in [3.8, 4) is 11.5 Å². The Kier molecular flexibility index (Phi) is 4.02. The average molecular weight is 388 g/mol. The van der Waals surface area contributed by atoms with Gasteiger partial charge in [0.25, 0.3) is 5.91 Å². The molecule has 3 aromatic heterocycles. The van der Waals surface area contributed by atoms with Crippen LogP contribution in [0.4, 0.5) is 5.69 Å². The highest BCUT2D eigenvalue weighted by Gasteiger charge is 2.43. The van der Waals surface area contributed by atoms with Gasteiger partial charge < -0.3 is 15.5 Å². The molecule has 0 spiro atoms. The first-order chi connectivity index (χ1) is 12.8. The molecular weight excluding hydrogens is 368 g/mol. The lowest BCUT2D eigenvalue weighted by atomic mass is 10.00. The van der Waals surface area contributed by atoms with Gasteiger partial charge in [-0.25, -0.2) is 8.72 Å². The van der Waals surface area contributed by atoms with Gasteiger partial charge in [-0.3, -0.25) is 4.79 Å². The van der Waals surface area contributed by atoms with Crippen molar-refractivity contribution in [2.24, 2.45) is 11.1 Å². The molecule has 1 amide bonds. The molecule has 3 aromatic rings. The standard InChI is InChI=1S/C17H20N6O3S/c1-9(17(2)4-5-17)20-13-11(14(18)24)7-19-23-8-10(6-12(13)23)15-21-22-16(26-15)27(3)25/h6-9,20H,4-5H2,1-3H3,(H2,18,24). The first kappa shape index (κ1) is 17.7. The predicted molar refractivity (Wildman–Crippen MR) is 99.8 cm³/mol. The molecule has 0 aromatic carbocycles. The second kappa shape index (κ2) is 6.15. The van der Waals surface area contributed by atoms with E-state index in [1.165, 1.54) is 12.5 Å². The van der Waals surface area contributed by atoms with E-state index in [1.807, 2.05) is 0 Å². The summed E-state index contributed by atoms with van der Waals surface area (Å²) >= 11 is 0. The minimum atomic E-state index is -1.36. The van der Waals surface area contributed by atoms with Gasteiger partial charge in [0.2, 0.25) is 5.89 Å². The fraction of sp³-hybridized carbons (Fsp3) is 0.412. The number of carbonyl (C=O) groups is 1. The lowest BCUT2D eigenvalue weighted by Gasteiger charge is -2.23. The zero-order valence-corrected chi connectivity index (χ0v) is 16.0. The van der Waals surface area contributed by atoms with E-state index in [4.69, 9.17) is 10.2 Å². The molecule has 2 atom stereocenters. The minimum Gasteiger partial charge on any atom is -0.409 e. The third kappa shape index (κ3) is 3.09. The van der Waals surface area contributed by atoms with E-state index in [0.29, 0.717) is 22.3 Å². The Labute approximate surface area is 157 Å². The van der Waals surface area contributed by atoms with Gasteiger partial charge in [0.05, 0.1) is 28.5 Å². The Morgan fingerprint density at radius 3 is 2.78 bits per heavy atom. The molecule has 10 heteroatoms. The summed E-state index contributed by atoms with van der Waals surface area (Å²) in [6, 6.07) is 1.96. The molecule has 4 rings (SSSR count). The monoisotopic (exact) mass is 388 g/mol. The normalized spacial score (nSPS) is 17.6. The smallest absolute Gasteiger partial charge is 0.307 e. The van der Waals surface area contributed by atoms with Crippen molar-refractivity contribution in [3.05, 3.63) is 24.0 Å². The molecule has 0 saturated heterocycles. The third-order valence-electron chi connectivity index (χ3n) is 5.25. The van der Waals surface area contributed by atoms with Crippen LogP contribution < -0.4 is 11.1 Å². The molecule has 1 saturated carbocycles. The van der Waals surface area contributed by atoms with Crippen LogP contribution in [-0.2, 0) is 10.8 Å². The number of anilines is 1. The first-order valence-corrected chi connectivity index (χ1v) is 10.1. The molecule has 1 aliphatic rings. The number of nitrogens with zero attached hydrogens (tertiary/aromatic N) is 4. The Morgan fingerprint density at radius 2 is 2.19 bits per heavy atom. The van der Waals surface area contributed by atoms with Crippen LogP contribution in [0.5, 0.6) is 0 Å². The number of rotatable bonds is 6. The molecular formula is C17H20N6O3S. The van der Waals surface area contributed by atoms with Crippen molar-refractivity contribution >= 4 is 27.9 Å². The maximum absolute atomic E-state index is 11.9. The largest absolute Gasteiger partial charge is 0.409 e. The number of fused-ring (bicyclic) bond motifs is 1. The van der Waals surface area contributed by atoms with Crippen molar-refractivity contribution in [1.82, 2.24) is 19.8 Å². The number of carbonyl (C=O) groups excluding carboxylic acids is 1. The van der Waals surface area contributed by atoms with Crippen LogP contribution >= 0.6 is 0 Å². The number of amides is 1. The summed E-state index contributed by atoms with van der Waals surface area (Å²) in [7, 11) is -1.36.